The fourth-order valence-corrected chi connectivity index (χ4v) is 7.49. The molecule has 10 nitrogen and oxygen atoms in total. The van der Waals surface area contributed by atoms with Crippen molar-refractivity contribution >= 4 is 19.8 Å². The normalized spacial score (nSPS) is 14.6. The van der Waals surface area contributed by atoms with E-state index in [1.807, 2.05) is 0 Å². The second-order valence-electron chi connectivity index (χ2n) is 17.2. The van der Waals surface area contributed by atoms with Gasteiger partial charge in [0.05, 0.1) is 19.8 Å². The number of allylic oxidation sites excluding steroid dienone is 20. The van der Waals surface area contributed by atoms with Gasteiger partial charge in [-0.15, -0.1) is 0 Å². The lowest BCUT2D eigenvalue weighted by Crippen LogP contribution is -2.34. The minimum Gasteiger partial charge on any atom is -0.480 e. The van der Waals surface area contributed by atoms with E-state index in [9.17, 15) is 19.0 Å². The molecule has 0 aliphatic rings. The fraction of sp³-hybridized carbons (Fsp3) is 0.621. The summed E-state index contributed by atoms with van der Waals surface area (Å²) in [4.78, 5) is 33.8. The average molecular weight is 982 g/mol. The maximum absolute atomic E-state index is 12.7. The molecule has 0 saturated carbocycles. The number of nitrogens with two attached hydrogens (primary N) is 1. The van der Waals surface area contributed by atoms with Crippen LogP contribution in [0.3, 0.4) is 0 Å². The third kappa shape index (κ3) is 52.0. The minimum atomic E-state index is -4.64. The molecule has 0 heterocycles. The van der Waals surface area contributed by atoms with Gasteiger partial charge in [0.15, 0.2) is 0 Å². The summed E-state index contributed by atoms with van der Waals surface area (Å²) in [5.74, 6) is -1.80. The van der Waals surface area contributed by atoms with Crippen LogP contribution in [0.4, 0.5) is 0 Å². The van der Waals surface area contributed by atoms with Crippen LogP contribution >= 0.6 is 7.82 Å². The Bertz CT molecular complexity index is 1560. The monoisotopic (exact) mass is 982 g/mol. The van der Waals surface area contributed by atoms with E-state index in [2.05, 4.69) is 135 Å². The van der Waals surface area contributed by atoms with Crippen LogP contribution in [-0.2, 0) is 32.7 Å². The second kappa shape index (κ2) is 52.2. The predicted octanol–water partition coefficient (Wildman–Crippen LogP) is 16.0. The van der Waals surface area contributed by atoms with Crippen molar-refractivity contribution in [3.05, 3.63) is 122 Å². The average Bonchev–Trinajstić information content (AvgIpc) is 3.33. The van der Waals surface area contributed by atoms with Crippen molar-refractivity contribution in [1.82, 2.24) is 0 Å². The highest BCUT2D eigenvalue weighted by molar-refractivity contribution is 7.47. The Hall–Kier alpha value is -3.63. The number of phosphoric acid groups is 1. The van der Waals surface area contributed by atoms with E-state index >= 15 is 0 Å². The molecule has 11 heteroatoms. The molecule has 0 saturated heterocycles. The smallest absolute Gasteiger partial charge is 0.472 e. The molecule has 0 aliphatic carbocycles. The summed E-state index contributed by atoms with van der Waals surface area (Å²) in [7, 11) is -4.64. The van der Waals surface area contributed by atoms with Gasteiger partial charge in [-0.1, -0.05) is 206 Å². The Kier molecular flexibility index (Phi) is 49.5. The number of aliphatic carboxylic acids is 1. The van der Waals surface area contributed by atoms with E-state index < -0.39 is 45.1 Å². The van der Waals surface area contributed by atoms with E-state index in [1.165, 1.54) is 51.4 Å². The molecule has 0 aromatic rings. The third-order valence-corrected chi connectivity index (χ3v) is 11.7. The van der Waals surface area contributed by atoms with Crippen molar-refractivity contribution in [2.24, 2.45) is 5.73 Å². The molecule has 0 bridgehead atoms. The van der Waals surface area contributed by atoms with Crippen molar-refractivity contribution in [3.8, 4) is 0 Å². The van der Waals surface area contributed by atoms with Gasteiger partial charge in [-0.3, -0.25) is 18.6 Å². The zero-order chi connectivity index (χ0) is 50.4. The molecule has 3 atom stereocenters. The number of hydrogen-bond acceptors (Lipinski definition) is 8. The molecular weight excluding hydrogens is 886 g/mol. The van der Waals surface area contributed by atoms with Gasteiger partial charge in [0.1, 0.15) is 12.1 Å². The van der Waals surface area contributed by atoms with Crippen LogP contribution in [0.15, 0.2) is 122 Å². The maximum Gasteiger partial charge on any atom is 0.472 e. The van der Waals surface area contributed by atoms with Gasteiger partial charge in [0.25, 0.3) is 0 Å². The van der Waals surface area contributed by atoms with Crippen molar-refractivity contribution in [2.45, 2.75) is 206 Å². The number of carbonyl (C=O) groups is 2. The Labute approximate surface area is 420 Å². The van der Waals surface area contributed by atoms with Crippen molar-refractivity contribution in [2.75, 3.05) is 26.4 Å². The molecule has 0 aromatic heterocycles. The Morgan fingerprint density at radius 3 is 1.19 bits per heavy atom. The highest BCUT2D eigenvalue weighted by atomic mass is 31.2. The molecule has 0 aliphatic heterocycles. The van der Waals surface area contributed by atoms with E-state index in [4.69, 9.17) is 29.4 Å². The topological polar surface area (TPSA) is 155 Å². The third-order valence-electron chi connectivity index (χ3n) is 10.7. The second-order valence-corrected chi connectivity index (χ2v) is 18.7. The first-order chi connectivity index (χ1) is 33.7. The van der Waals surface area contributed by atoms with Crippen LogP contribution in [0.1, 0.15) is 194 Å². The summed E-state index contributed by atoms with van der Waals surface area (Å²) in [5.41, 5.74) is 5.38. The van der Waals surface area contributed by atoms with Gasteiger partial charge in [0.2, 0.25) is 0 Å². The number of carbonyl (C=O) groups excluding carboxylic acids is 1. The Balaban J connectivity index is 4.21. The molecule has 0 rings (SSSR count). The largest absolute Gasteiger partial charge is 0.480 e. The Morgan fingerprint density at radius 1 is 0.464 bits per heavy atom. The van der Waals surface area contributed by atoms with Crippen molar-refractivity contribution in [3.63, 3.8) is 0 Å². The summed E-state index contributed by atoms with van der Waals surface area (Å²) in [6, 6.07) is -1.49. The first kappa shape index (κ1) is 65.4. The molecule has 4 N–H and O–H groups in total. The van der Waals surface area contributed by atoms with Gasteiger partial charge in [0, 0.05) is 13.0 Å². The SMILES string of the molecule is CC/C=C\C/C=C\C/C=C\C/C=C\C/C=C\CCCCCCCCCCOCC(COP(=O)(O)OCC(N)C(=O)O)OC(=O)CCCCCCCCC/C=C\C/C=C\C/C=C\C/C=C\C/C=C\CC. The quantitative estimate of drug-likeness (QED) is 0.0232. The van der Waals surface area contributed by atoms with Crippen LogP contribution in [0.2, 0.25) is 0 Å². The molecule has 69 heavy (non-hydrogen) atoms. The molecule has 0 fully saturated rings. The summed E-state index contributed by atoms with van der Waals surface area (Å²) >= 11 is 0. The van der Waals surface area contributed by atoms with Crippen LogP contribution in [0.5, 0.6) is 0 Å². The van der Waals surface area contributed by atoms with Gasteiger partial charge < -0.3 is 25.2 Å². The lowest BCUT2D eigenvalue weighted by Gasteiger charge is -2.20. The number of ether oxygens (including phenoxy) is 2. The molecule has 0 spiro atoms. The van der Waals surface area contributed by atoms with E-state index in [1.54, 1.807) is 0 Å². The van der Waals surface area contributed by atoms with Gasteiger partial charge in [-0.2, -0.15) is 0 Å². The van der Waals surface area contributed by atoms with E-state index in [0.29, 0.717) is 13.0 Å². The molecule has 0 radical (unpaired) electrons. The summed E-state index contributed by atoms with van der Waals surface area (Å²) < 4.78 is 33.5. The molecule has 3 unspecified atom stereocenters. The summed E-state index contributed by atoms with van der Waals surface area (Å²) in [6.07, 6.45) is 72.5. The zero-order valence-electron chi connectivity index (χ0n) is 43.1. The van der Waals surface area contributed by atoms with Crippen LogP contribution in [0, 0.1) is 0 Å². The number of rotatable bonds is 49. The van der Waals surface area contributed by atoms with Crippen molar-refractivity contribution in [1.29, 1.82) is 0 Å². The highest BCUT2D eigenvalue weighted by Gasteiger charge is 2.27. The number of phosphoric ester groups is 1. The van der Waals surface area contributed by atoms with Gasteiger partial charge in [-0.25, -0.2) is 4.57 Å². The van der Waals surface area contributed by atoms with Crippen molar-refractivity contribution < 1.29 is 42.7 Å². The lowest BCUT2D eigenvalue weighted by atomic mass is 10.1. The number of unbranched alkanes of at least 4 members (excludes halogenated alkanes) is 15. The van der Waals surface area contributed by atoms with Crippen LogP contribution in [-0.4, -0.2) is 60.5 Å². The zero-order valence-corrected chi connectivity index (χ0v) is 44.0. The summed E-state index contributed by atoms with van der Waals surface area (Å²) in [5, 5.41) is 8.94. The lowest BCUT2D eigenvalue weighted by molar-refractivity contribution is -0.154. The number of carboxylic acid groups (broad SMARTS) is 1. The molecule has 0 aromatic carbocycles. The maximum atomic E-state index is 12.7. The van der Waals surface area contributed by atoms with Crippen LogP contribution in [0.25, 0.3) is 0 Å². The standard InChI is InChI=1S/C58H96NO9P/c1-3-5-7-9-11-13-15-17-19-21-23-25-27-29-31-33-35-37-39-41-43-45-47-49-51-65-52-55(53-66-69(63,64)67-54-56(59)58(61)62)68-57(60)50-48-46-44-42-40-38-36-34-32-30-28-26-24-22-20-18-16-14-12-10-8-6-4-2/h5-8,11-14,17-20,23-26,29-32,55-56H,3-4,9-10,15-16,21-22,27-28,33-54,59H2,1-2H3,(H,61,62)(H,63,64)/b7-5-,8-6-,13-11-,14-12-,19-17-,20-18-,25-23-,26-24-,31-29-,32-30-. The van der Waals surface area contributed by atoms with Gasteiger partial charge in [-0.05, 0) is 103 Å². The summed E-state index contributed by atoms with van der Waals surface area (Å²) in [6.45, 7) is 3.61. The van der Waals surface area contributed by atoms with Crippen LogP contribution < -0.4 is 5.73 Å². The molecular formula is C58H96NO9P. The molecule has 0 amide bonds. The first-order valence-electron chi connectivity index (χ1n) is 26.6. The van der Waals surface area contributed by atoms with E-state index in [0.717, 1.165) is 116 Å². The Morgan fingerprint density at radius 2 is 0.797 bits per heavy atom. The predicted molar refractivity (Wildman–Crippen MR) is 290 cm³/mol. The fourth-order valence-electron chi connectivity index (χ4n) is 6.72. The number of esters is 1. The van der Waals surface area contributed by atoms with Gasteiger partial charge >= 0.3 is 19.8 Å². The number of carboxylic acids is 1. The highest BCUT2D eigenvalue weighted by Crippen LogP contribution is 2.43. The minimum absolute atomic E-state index is 0.00209. The molecule has 392 valence electrons. The van der Waals surface area contributed by atoms with E-state index in [-0.39, 0.29) is 13.0 Å². The first-order valence-corrected chi connectivity index (χ1v) is 28.1. The number of hydrogen-bond donors (Lipinski definition) is 3.